The molecule has 0 aliphatic rings. The quantitative estimate of drug-likeness (QED) is 0.811. The second-order valence-electron chi connectivity index (χ2n) is 6.04. The van der Waals surface area contributed by atoms with Gasteiger partial charge in [0.05, 0.1) is 11.6 Å². The topological polar surface area (TPSA) is 49.3 Å². The largest absolute Gasteiger partial charge is 0.391 e. The average Bonchev–Trinajstić information content (AvgIpc) is 2.36. The lowest BCUT2D eigenvalue weighted by molar-refractivity contribution is -0.119. The normalized spacial score (nSPS) is 13.8. The minimum absolute atomic E-state index is 0.205. The van der Waals surface area contributed by atoms with Gasteiger partial charge in [-0.15, -0.1) is 0 Å². The van der Waals surface area contributed by atoms with E-state index in [9.17, 15) is 9.90 Å². The molecule has 110 valence electrons. The number of rotatable bonds is 5. The van der Waals surface area contributed by atoms with Crippen LogP contribution in [0.5, 0.6) is 0 Å². The van der Waals surface area contributed by atoms with Crippen LogP contribution in [0.25, 0.3) is 6.08 Å². The van der Waals surface area contributed by atoms with Gasteiger partial charge in [-0.2, -0.15) is 0 Å². The number of carbonyl (C=O) groups is 1. The molecule has 1 aromatic carbocycles. The Morgan fingerprint density at radius 1 is 1.20 bits per heavy atom. The van der Waals surface area contributed by atoms with Crippen molar-refractivity contribution in [2.24, 2.45) is 0 Å². The molecule has 1 aromatic rings. The monoisotopic (exact) mass is 275 g/mol. The van der Waals surface area contributed by atoms with Gasteiger partial charge in [0.25, 0.3) is 0 Å². The highest BCUT2D eigenvalue weighted by Crippen LogP contribution is 2.15. The molecule has 0 radical (unpaired) electrons. The number of hydrogen-bond donors (Lipinski definition) is 2. The van der Waals surface area contributed by atoms with Crippen LogP contribution in [0.1, 0.15) is 51.7 Å². The van der Waals surface area contributed by atoms with Crippen LogP contribution in [0.3, 0.4) is 0 Å². The molecule has 2 N–H and O–H groups in total. The standard InChI is InChI=1S/C17H25NO2/c1-12(2)15-9-6-14(7-10-15)8-11-16(20)18-17(4,5)13(3)19/h6-13,19H,1-5H3,(H,18,20)/b11-8+. The van der Waals surface area contributed by atoms with Gasteiger partial charge in [-0.3, -0.25) is 4.79 Å². The van der Waals surface area contributed by atoms with Crippen molar-refractivity contribution in [3.05, 3.63) is 41.5 Å². The maximum Gasteiger partial charge on any atom is 0.244 e. The zero-order valence-corrected chi connectivity index (χ0v) is 13.0. The first kappa shape index (κ1) is 16.4. The molecule has 1 amide bonds. The molecule has 0 spiro atoms. The molecule has 0 bridgehead atoms. The van der Waals surface area contributed by atoms with Crippen molar-refractivity contribution in [2.45, 2.75) is 52.2 Å². The second kappa shape index (κ2) is 6.71. The number of aliphatic hydroxyl groups is 1. The number of nitrogens with one attached hydrogen (secondary N) is 1. The number of aliphatic hydroxyl groups excluding tert-OH is 1. The Bertz CT molecular complexity index is 470. The maximum absolute atomic E-state index is 11.8. The van der Waals surface area contributed by atoms with Crippen LogP contribution in [0, 0.1) is 0 Å². The summed E-state index contributed by atoms with van der Waals surface area (Å²) in [7, 11) is 0. The third-order valence-corrected chi connectivity index (χ3v) is 3.52. The minimum atomic E-state index is -0.636. The predicted molar refractivity (Wildman–Crippen MR) is 83.5 cm³/mol. The van der Waals surface area contributed by atoms with Crippen LogP contribution in [-0.4, -0.2) is 22.7 Å². The van der Waals surface area contributed by atoms with Gasteiger partial charge >= 0.3 is 0 Å². The Labute approximate surface area is 121 Å². The molecule has 0 heterocycles. The van der Waals surface area contributed by atoms with Crippen LogP contribution < -0.4 is 5.32 Å². The van der Waals surface area contributed by atoms with Gasteiger partial charge in [-0.05, 0) is 43.9 Å². The summed E-state index contributed by atoms with van der Waals surface area (Å²) < 4.78 is 0. The smallest absolute Gasteiger partial charge is 0.244 e. The molecule has 1 atom stereocenters. The Hall–Kier alpha value is -1.61. The third kappa shape index (κ3) is 4.82. The summed E-state index contributed by atoms with van der Waals surface area (Å²) in [4.78, 5) is 11.8. The van der Waals surface area contributed by atoms with Crippen molar-refractivity contribution in [2.75, 3.05) is 0 Å². The summed E-state index contributed by atoms with van der Waals surface area (Å²) in [6, 6.07) is 8.14. The van der Waals surface area contributed by atoms with Crippen LogP contribution in [0.2, 0.25) is 0 Å². The van der Waals surface area contributed by atoms with E-state index in [1.165, 1.54) is 11.6 Å². The van der Waals surface area contributed by atoms with E-state index in [-0.39, 0.29) is 5.91 Å². The Balaban J connectivity index is 2.66. The molecule has 0 aliphatic carbocycles. The molecule has 1 rings (SSSR count). The summed E-state index contributed by atoms with van der Waals surface area (Å²) in [6.07, 6.45) is 2.66. The number of benzene rings is 1. The van der Waals surface area contributed by atoms with Gasteiger partial charge in [0.2, 0.25) is 5.91 Å². The first-order valence-electron chi connectivity index (χ1n) is 7.00. The van der Waals surface area contributed by atoms with Crippen LogP contribution in [0.15, 0.2) is 30.3 Å². The zero-order chi connectivity index (χ0) is 15.3. The molecule has 3 nitrogen and oxygen atoms in total. The minimum Gasteiger partial charge on any atom is -0.391 e. The third-order valence-electron chi connectivity index (χ3n) is 3.52. The molecule has 0 aliphatic heterocycles. The fourth-order valence-corrected chi connectivity index (χ4v) is 1.63. The second-order valence-corrected chi connectivity index (χ2v) is 6.04. The fraction of sp³-hybridized carbons (Fsp3) is 0.471. The lowest BCUT2D eigenvalue weighted by Crippen LogP contribution is -2.50. The SMILES string of the molecule is CC(C)c1ccc(/C=C/C(=O)NC(C)(C)C(C)O)cc1. The summed E-state index contributed by atoms with van der Waals surface area (Å²) in [6.45, 7) is 9.54. The van der Waals surface area contributed by atoms with Crippen LogP contribution >= 0.6 is 0 Å². The molecule has 20 heavy (non-hydrogen) atoms. The average molecular weight is 275 g/mol. The number of amides is 1. The highest BCUT2D eigenvalue weighted by molar-refractivity contribution is 5.92. The van der Waals surface area contributed by atoms with Crippen molar-refractivity contribution in [3.63, 3.8) is 0 Å². The van der Waals surface area contributed by atoms with Gasteiger partial charge in [0, 0.05) is 6.08 Å². The molecule has 0 saturated carbocycles. The van der Waals surface area contributed by atoms with E-state index in [1.807, 2.05) is 12.1 Å². The van der Waals surface area contributed by atoms with Crippen molar-refractivity contribution in [1.82, 2.24) is 5.32 Å². The van der Waals surface area contributed by atoms with Crippen LogP contribution in [0.4, 0.5) is 0 Å². The first-order chi connectivity index (χ1) is 9.22. The van der Waals surface area contributed by atoms with Crippen molar-refractivity contribution >= 4 is 12.0 Å². The summed E-state index contributed by atoms with van der Waals surface area (Å²) >= 11 is 0. The van der Waals surface area contributed by atoms with E-state index in [4.69, 9.17) is 0 Å². The molecule has 0 saturated heterocycles. The van der Waals surface area contributed by atoms with Gasteiger partial charge in [-0.1, -0.05) is 38.1 Å². The molecular formula is C17H25NO2. The van der Waals surface area contributed by atoms with Gasteiger partial charge in [-0.25, -0.2) is 0 Å². The molecular weight excluding hydrogens is 250 g/mol. The van der Waals surface area contributed by atoms with E-state index in [1.54, 1.807) is 26.8 Å². The highest BCUT2D eigenvalue weighted by Gasteiger charge is 2.24. The van der Waals surface area contributed by atoms with Crippen molar-refractivity contribution < 1.29 is 9.90 Å². The lowest BCUT2D eigenvalue weighted by Gasteiger charge is -2.28. The zero-order valence-electron chi connectivity index (χ0n) is 13.0. The van der Waals surface area contributed by atoms with E-state index in [0.29, 0.717) is 5.92 Å². The van der Waals surface area contributed by atoms with E-state index in [0.717, 1.165) is 5.56 Å². The van der Waals surface area contributed by atoms with E-state index < -0.39 is 11.6 Å². The number of hydrogen-bond acceptors (Lipinski definition) is 2. The van der Waals surface area contributed by atoms with Crippen LogP contribution in [-0.2, 0) is 4.79 Å². The van der Waals surface area contributed by atoms with Gasteiger partial charge < -0.3 is 10.4 Å². The summed E-state index contributed by atoms with van der Waals surface area (Å²) in [5.74, 6) is 0.298. The van der Waals surface area contributed by atoms with Crippen molar-refractivity contribution in [1.29, 1.82) is 0 Å². The Kier molecular flexibility index (Phi) is 5.52. The summed E-state index contributed by atoms with van der Waals surface area (Å²) in [5, 5.41) is 12.3. The molecule has 3 heteroatoms. The predicted octanol–water partition coefficient (Wildman–Crippen LogP) is 3.10. The van der Waals surface area contributed by atoms with E-state index in [2.05, 4.69) is 31.3 Å². The Morgan fingerprint density at radius 3 is 2.20 bits per heavy atom. The fourth-order valence-electron chi connectivity index (χ4n) is 1.63. The maximum atomic E-state index is 11.8. The van der Waals surface area contributed by atoms with Gasteiger partial charge in [0.15, 0.2) is 0 Å². The summed E-state index contributed by atoms with van der Waals surface area (Å²) in [5.41, 5.74) is 1.63. The van der Waals surface area contributed by atoms with E-state index >= 15 is 0 Å². The molecule has 0 fully saturated rings. The molecule has 1 unspecified atom stereocenters. The lowest BCUT2D eigenvalue weighted by atomic mass is 9.99. The van der Waals surface area contributed by atoms with Crippen molar-refractivity contribution in [3.8, 4) is 0 Å². The number of carbonyl (C=O) groups excluding carboxylic acids is 1. The first-order valence-corrected chi connectivity index (χ1v) is 7.00. The molecule has 0 aromatic heterocycles. The highest BCUT2D eigenvalue weighted by atomic mass is 16.3. The Morgan fingerprint density at radius 2 is 1.75 bits per heavy atom. The van der Waals surface area contributed by atoms with Gasteiger partial charge in [0.1, 0.15) is 0 Å².